The fraction of sp³-hybridized carbons (Fsp3) is 0.176. The van der Waals surface area contributed by atoms with Crippen LogP contribution >= 0.6 is 0 Å². The van der Waals surface area contributed by atoms with Crippen molar-refractivity contribution in [3.63, 3.8) is 0 Å². The number of benzene rings is 2. The van der Waals surface area contributed by atoms with Crippen LogP contribution in [0.15, 0.2) is 51.7 Å². The average Bonchev–Trinajstić information content (AvgIpc) is 2.92. The third-order valence-electron chi connectivity index (χ3n) is 3.35. The highest BCUT2D eigenvalue weighted by molar-refractivity contribution is 5.92. The van der Waals surface area contributed by atoms with Crippen LogP contribution in [-0.4, -0.2) is 17.5 Å². The number of amides is 1. The standard InChI is InChI=1S/C17H15FN2O4/c18-12-4-1-2-5-14(12)23-9-3-6-16(21)19-11-7-8-15-13(10-11)20-17(22)24-15/h1-2,4-5,7-8,10H,3,6,9H2,(H,19,21)(H,20,22). The lowest BCUT2D eigenvalue weighted by Crippen LogP contribution is -2.12. The van der Waals surface area contributed by atoms with Gasteiger partial charge in [-0.25, -0.2) is 9.18 Å². The van der Waals surface area contributed by atoms with Gasteiger partial charge in [-0.05, 0) is 36.8 Å². The Hall–Kier alpha value is -3.09. The van der Waals surface area contributed by atoms with Crippen molar-refractivity contribution in [3.05, 3.63) is 58.8 Å². The highest BCUT2D eigenvalue weighted by atomic mass is 19.1. The molecule has 2 aromatic carbocycles. The number of anilines is 1. The van der Waals surface area contributed by atoms with Gasteiger partial charge in [0.1, 0.15) is 0 Å². The maximum atomic E-state index is 13.4. The number of rotatable bonds is 6. The van der Waals surface area contributed by atoms with Gasteiger partial charge in [0, 0.05) is 12.1 Å². The smallest absolute Gasteiger partial charge is 0.417 e. The van der Waals surface area contributed by atoms with E-state index in [9.17, 15) is 14.0 Å². The lowest BCUT2D eigenvalue weighted by Gasteiger charge is -2.07. The quantitative estimate of drug-likeness (QED) is 0.680. The summed E-state index contributed by atoms with van der Waals surface area (Å²) in [5.74, 6) is -0.993. The number of aromatic amines is 1. The van der Waals surface area contributed by atoms with E-state index < -0.39 is 11.6 Å². The fourth-order valence-electron chi connectivity index (χ4n) is 2.23. The molecule has 0 saturated carbocycles. The largest absolute Gasteiger partial charge is 0.491 e. The normalized spacial score (nSPS) is 10.7. The Labute approximate surface area is 136 Å². The van der Waals surface area contributed by atoms with Crippen molar-refractivity contribution >= 4 is 22.7 Å². The maximum Gasteiger partial charge on any atom is 0.417 e. The lowest BCUT2D eigenvalue weighted by atomic mass is 10.2. The number of oxazole rings is 1. The van der Waals surface area contributed by atoms with Gasteiger partial charge in [0.05, 0.1) is 12.1 Å². The van der Waals surface area contributed by atoms with Crippen molar-refractivity contribution < 1.29 is 18.3 Å². The second-order valence-electron chi connectivity index (χ2n) is 5.16. The molecule has 1 amide bonds. The number of nitrogens with one attached hydrogen (secondary N) is 2. The predicted octanol–water partition coefficient (Wildman–Crippen LogP) is 3.06. The minimum atomic E-state index is -0.543. The molecule has 3 rings (SSSR count). The topological polar surface area (TPSA) is 84.3 Å². The first-order valence-corrected chi connectivity index (χ1v) is 7.42. The number of aromatic nitrogens is 1. The van der Waals surface area contributed by atoms with Gasteiger partial charge in [-0.15, -0.1) is 0 Å². The van der Waals surface area contributed by atoms with E-state index in [2.05, 4.69) is 10.3 Å². The predicted molar refractivity (Wildman–Crippen MR) is 86.6 cm³/mol. The summed E-state index contributed by atoms with van der Waals surface area (Å²) in [6.07, 6.45) is 0.680. The Morgan fingerprint density at radius 2 is 2.08 bits per heavy atom. The van der Waals surface area contributed by atoms with E-state index in [0.717, 1.165) is 0 Å². The summed E-state index contributed by atoms with van der Waals surface area (Å²) in [4.78, 5) is 25.5. The highest BCUT2D eigenvalue weighted by Crippen LogP contribution is 2.17. The van der Waals surface area contributed by atoms with Gasteiger partial charge in [-0.1, -0.05) is 12.1 Å². The van der Waals surface area contributed by atoms with Gasteiger partial charge in [0.15, 0.2) is 17.1 Å². The Morgan fingerprint density at radius 3 is 2.92 bits per heavy atom. The van der Waals surface area contributed by atoms with Crippen LogP contribution < -0.4 is 15.8 Å². The van der Waals surface area contributed by atoms with Crippen LogP contribution in [0.5, 0.6) is 5.75 Å². The monoisotopic (exact) mass is 330 g/mol. The van der Waals surface area contributed by atoms with Gasteiger partial charge < -0.3 is 14.5 Å². The Balaban J connectivity index is 1.48. The van der Waals surface area contributed by atoms with E-state index in [1.165, 1.54) is 12.1 Å². The summed E-state index contributed by atoms with van der Waals surface area (Å²) >= 11 is 0. The minimum absolute atomic E-state index is 0.173. The molecule has 0 aliphatic rings. The summed E-state index contributed by atoms with van der Waals surface area (Å²) in [7, 11) is 0. The molecule has 1 aromatic heterocycles. The molecule has 3 aromatic rings. The Morgan fingerprint density at radius 1 is 1.25 bits per heavy atom. The molecular formula is C17H15FN2O4. The molecule has 0 aliphatic carbocycles. The number of carbonyl (C=O) groups is 1. The summed E-state index contributed by atoms with van der Waals surface area (Å²) in [5, 5.41) is 2.72. The van der Waals surface area contributed by atoms with Crippen LogP contribution in [0.3, 0.4) is 0 Å². The van der Waals surface area contributed by atoms with Crippen molar-refractivity contribution in [1.29, 1.82) is 0 Å². The van der Waals surface area contributed by atoms with E-state index >= 15 is 0 Å². The van der Waals surface area contributed by atoms with Crippen molar-refractivity contribution in [2.75, 3.05) is 11.9 Å². The van der Waals surface area contributed by atoms with Crippen LogP contribution in [0, 0.1) is 5.82 Å². The highest BCUT2D eigenvalue weighted by Gasteiger charge is 2.07. The number of para-hydroxylation sites is 1. The van der Waals surface area contributed by atoms with E-state index in [1.807, 2.05) is 0 Å². The number of halogens is 1. The second kappa shape index (κ2) is 6.99. The molecule has 0 bridgehead atoms. The maximum absolute atomic E-state index is 13.4. The van der Waals surface area contributed by atoms with E-state index in [1.54, 1.807) is 30.3 Å². The third kappa shape index (κ3) is 3.81. The van der Waals surface area contributed by atoms with E-state index in [0.29, 0.717) is 23.2 Å². The molecule has 6 nitrogen and oxygen atoms in total. The molecule has 24 heavy (non-hydrogen) atoms. The molecule has 2 N–H and O–H groups in total. The number of H-pyrrole nitrogens is 1. The Kier molecular flexibility index (Phi) is 4.60. The lowest BCUT2D eigenvalue weighted by molar-refractivity contribution is -0.116. The van der Waals surface area contributed by atoms with Gasteiger partial charge in [-0.3, -0.25) is 9.78 Å². The third-order valence-corrected chi connectivity index (χ3v) is 3.35. The number of fused-ring (bicyclic) bond motifs is 1. The second-order valence-corrected chi connectivity index (χ2v) is 5.16. The molecule has 0 atom stereocenters. The van der Waals surface area contributed by atoms with Crippen molar-refractivity contribution in [1.82, 2.24) is 4.98 Å². The SMILES string of the molecule is O=C(CCCOc1ccccc1F)Nc1ccc2oc(=O)[nH]c2c1. The molecule has 0 spiro atoms. The van der Waals surface area contributed by atoms with E-state index in [-0.39, 0.29) is 24.7 Å². The number of hydrogen-bond acceptors (Lipinski definition) is 4. The first-order chi connectivity index (χ1) is 11.6. The van der Waals surface area contributed by atoms with Gasteiger partial charge in [0.2, 0.25) is 5.91 Å². The number of carbonyl (C=O) groups excluding carboxylic acids is 1. The van der Waals surface area contributed by atoms with Crippen molar-refractivity contribution in [2.24, 2.45) is 0 Å². The minimum Gasteiger partial charge on any atom is -0.491 e. The molecule has 7 heteroatoms. The van der Waals surface area contributed by atoms with Crippen LogP contribution in [0.2, 0.25) is 0 Å². The average molecular weight is 330 g/mol. The zero-order valence-corrected chi connectivity index (χ0v) is 12.7. The molecular weight excluding hydrogens is 315 g/mol. The van der Waals surface area contributed by atoms with Gasteiger partial charge in [0.25, 0.3) is 0 Å². The van der Waals surface area contributed by atoms with Crippen LogP contribution in [0.4, 0.5) is 10.1 Å². The summed E-state index contributed by atoms with van der Waals surface area (Å²) < 4.78 is 23.5. The fourth-order valence-corrected chi connectivity index (χ4v) is 2.23. The van der Waals surface area contributed by atoms with Crippen molar-refractivity contribution in [2.45, 2.75) is 12.8 Å². The van der Waals surface area contributed by atoms with Crippen LogP contribution in [-0.2, 0) is 4.79 Å². The molecule has 124 valence electrons. The van der Waals surface area contributed by atoms with Crippen molar-refractivity contribution in [3.8, 4) is 5.75 Å². The van der Waals surface area contributed by atoms with Crippen LogP contribution in [0.1, 0.15) is 12.8 Å². The van der Waals surface area contributed by atoms with Gasteiger partial charge >= 0.3 is 5.76 Å². The first-order valence-electron chi connectivity index (χ1n) is 7.42. The van der Waals surface area contributed by atoms with Crippen LogP contribution in [0.25, 0.3) is 11.1 Å². The summed E-state index contributed by atoms with van der Waals surface area (Å²) in [5.41, 5.74) is 1.50. The Bertz CT molecular complexity index is 916. The molecule has 0 aliphatic heterocycles. The van der Waals surface area contributed by atoms with Gasteiger partial charge in [-0.2, -0.15) is 0 Å². The zero-order chi connectivity index (χ0) is 16.9. The molecule has 0 radical (unpaired) electrons. The van der Waals surface area contributed by atoms with E-state index in [4.69, 9.17) is 9.15 Å². The molecule has 0 saturated heterocycles. The number of hydrogen-bond donors (Lipinski definition) is 2. The number of ether oxygens (including phenoxy) is 1. The summed E-state index contributed by atoms with van der Waals surface area (Å²) in [6, 6.07) is 11.0. The molecule has 0 unspecified atom stereocenters. The first kappa shape index (κ1) is 15.8. The summed E-state index contributed by atoms with van der Waals surface area (Å²) in [6.45, 7) is 0.239. The molecule has 0 fully saturated rings. The zero-order valence-electron chi connectivity index (χ0n) is 12.7. The molecule has 1 heterocycles.